The maximum atomic E-state index is 12.0. The second kappa shape index (κ2) is 9.69. The number of aryl methyl sites for hydroxylation is 1. The standard InChI is InChI=1S/C15H20N6O7/c1-8-6-21(15(26)17-14(8)25)12-5-9(18-20-16)10(28-12)7-27-19-11(22)3-2-4-13(23)24/h6,9-10,12H,2-5,7H2,1H3,(H,19,22)(H,23,24)(H,17,25,26)/t9-,10+,12+/m0/s1. The second-order valence-electron chi connectivity index (χ2n) is 6.20. The fraction of sp³-hybridized carbons (Fsp3) is 0.600. The number of aliphatic carboxylic acids is 1. The topological polar surface area (TPSA) is 188 Å². The molecule has 152 valence electrons. The van der Waals surface area contributed by atoms with E-state index >= 15 is 0 Å². The fourth-order valence-corrected chi connectivity index (χ4v) is 2.68. The lowest BCUT2D eigenvalue weighted by molar-refractivity contribution is -0.139. The third kappa shape index (κ3) is 5.67. The first-order valence-electron chi connectivity index (χ1n) is 8.46. The Morgan fingerprint density at radius 1 is 1.50 bits per heavy atom. The van der Waals surface area contributed by atoms with E-state index in [4.69, 9.17) is 20.2 Å². The predicted molar refractivity (Wildman–Crippen MR) is 93.1 cm³/mol. The highest BCUT2D eigenvalue weighted by Crippen LogP contribution is 2.30. The molecule has 0 bridgehead atoms. The van der Waals surface area contributed by atoms with Crippen LogP contribution >= 0.6 is 0 Å². The van der Waals surface area contributed by atoms with Gasteiger partial charge in [-0.2, -0.15) is 0 Å². The minimum absolute atomic E-state index is 0.0216. The van der Waals surface area contributed by atoms with Crippen molar-refractivity contribution in [3.05, 3.63) is 43.0 Å². The number of aromatic amines is 1. The Balaban J connectivity index is 1.95. The molecule has 3 atom stereocenters. The van der Waals surface area contributed by atoms with E-state index in [2.05, 4.69) is 20.5 Å². The van der Waals surface area contributed by atoms with Crippen LogP contribution in [0.2, 0.25) is 0 Å². The Morgan fingerprint density at radius 3 is 2.93 bits per heavy atom. The number of carbonyl (C=O) groups is 2. The van der Waals surface area contributed by atoms with Gasteiger partial charge in [-0.15, -0.1) is 0 Å². The van der Waals surface area contributed by atoms with Crippen LogP contribution in [0.25, 0.3) is 10.4 Å². The number of carboxylic acid groups (broad SMARTS) is 1. The number of hydroxylamine groups is 1. The molecule has 1 aromatic rings. The van der Waals surface area contributed by atoms with Gasteiger partial charge in [0.05, 0.1) is 12.1 Å². The summed E-state index contributed by atoms with van der Waals surface area (Å²) < 4.78 is 6.90. The molecule has 1 fully saturated rings. The quantitative estimate of drug-likeness (QED) is 0.228. The molecular weight excluding hydrogens is 376 g/mol. The molecule has 1 aliphatic rings. The van der Waals surface area contributed by atoms with E-state index in [-0.39, 0.29) is 32.3 Å². The molecule has 1 aliphatic heterocycles. The average Bonchev–Trinajstić information content (AvgIpc) is 3.01. The van der Waals surface area contributed by atoms with Crippen LogP contribution in [-0.4, -0.2) is 45.3 Å². The van der Waals surface area contributed by atoms with Gasteiger partial charge in [0.2, 0.25) is 5.91 Å². The molecule has 1 saturated heterocycles. The van der Waals surface area contributed by atoms with Gasteiger partial charge in [-0.05, 0) is 18.9 Å². The number of nitrogens with zero attached hydrogens (tertiary/aromatic N) is 4. The Kier molecular flexibility index (Phi) is 7.32. The van der Waals surface area contributed by atoms with E-state index in [0.717, 1.165) is 0 Å². The number of carboxylic acids is 1. The van der Waals surface area contributed by atoms with Crippen molar-refractivity contribution >= 4 is 11.9 Å². The van der Waals surface area contributed by atoms with Crippen molar-refractivity contribution in [2.24, 2.45) is 5.11 Å². The van der Waals surface area contributed by atoms with Crippen molar-refractivity contribution in [3.8, 4) is 0 Å². The molecule has 0 aromatic carbocycles. The van der Waals surface area contributed by atoms with Gasteiger partial charge in [-0.25, -0.2) is 10.3 Å². The Bertz CT molecular complexity index is 888. The third-order valence-corrected chi connectivity index (χ3v) is 4.09. The monoisotopic (exact) mass is 396 g/mol. The number of rotatable bonds is 9. The van der Waals surface area contributed by atoms with Gasteiger partial charge < -0.3 is 9.84 Å². The number of nitrogens with one attached hydrogen (secondary N) is 2. The lowest BCUT2D eigenvalue weighted by Crippen LogP contribution is -2.34. The molecule has 0 unspecified atom stereocenters. The summed E-state index contributed by atoms with van der Waals surface area (Å²) in [5, 5.41) is 12.2. The summed E-state index contributed by atoms with van der Waals surface area (Å²) >= 11 is 0. The number of ether oxygens (including phenoxy) is 1. The molecule has 1 aromatic heterocycles. The largest absolute Gasteiger partial charge is 0.481 e. The highest BCUT2D eigenvalue weighted by molar-refractivity contribution is 5.75. The van der Waals surface area contributed by atoms with E-state index in [0.29, 0.717) is 5.56 Å². The fourth-order valence-electron chi connectivity index (χ4n) is 2.68. The number of carbonyl (C=O) groups excluding carboxylic acids is 1. The van der Waals surface area contributed by atoms with Gasteiger partial charge in [0, 0.05) is 35.9 Å². The Morgan fingerprint density at radius 2 is 2.25 bits per heavy atom. The van der Waals surface area contributed by atoms with Crippen LogP contribution in [0.15, 0.2) is 20.9 Å². The van der Waals surface area contributed by atoms with Gasteiger partial charge in [-0.3, -0.25) is 28.8 Å². The highest BCUT2D eigenvalue weighted by atomic mass is 16.7. The normalized spacial score (nSPS) is 21.1. The first-order valence-corrected chi connectivity index (χ1v) is 8.46. The zero-order valence-corrected chi connectivity index (χ0v) is 15.0. The molecule has 2 rings (SSSR count). The molecule has 0 saturated carbocycles. The minimum Gasteiger partial charge on any atom is -0.481 e. The smallest absolute Gasteiger partial charge is 0.330 e. The number of hydrogen-bond acceptors (Lipinski definition) is 7. The lowest BCUT2D eigenvalue weighted by Gasteiger charge is -2.16. The summed E-state index contributed by atoms with van der Waals surface area (Å²) in [6.45, 7) is 1.39. The second-order valence-corrected chi connectivity index (χ2v) is 6.20. The van der Waals surface area contributed by atoms with E-state index in [1.807, 2.05) is 0 Å². The molecule has 0 spiro atoms. The SMILES string of the molecule is Cc1cn([C@H]2C[C@H](N=[N+]=[N-])[C@@H](CONC(=O)CCCC(=O)O)O2)c(=O)[nH]c1=O. The van der Waals surface area contributed by atoms with E-state index in [1.54, 1.807) is 0 Å². The van der Waals surface area contributed by atoms with Crippen molar-refractivity contribution < 1.29 is 24.3 Å². The van der Waals surface area contributed by atoms with Gasteiger partial charge in [0.15, 0.2) is 0 Å². The highest BCUT2D eigenvalue weighted by Gasteiger charge is 2.36. The first-order chi connectivity index (χ1) is 13.3. The third-order valence-electron chi connectivity index (χ3n) is 4.09. The first kappa shape index (κ1) is 21.2. The number of H-pyrrole nitrogens is 1. The van der Waals surface area contributed by atoms with E-state index in [1.165, 1.54) is 17.7 Å². The summed E-state index contributed by atoms with van der Waals surface area (Å²) in [4.78, 5) is 55.5. The molecule has 13 heteroatoms. The van der Waals surface area contributed by atoms with Crippen molar-refractivity contribution in [1.82, 2.24) is 15.0 Å². The van der Waals surface area contributed by atoms with Gasteiger partial charge in [-0.1, -0.05) is 5.11 Å². The molecule has 0 aliphatic carbocycles. The van der Waals surface area contributed by atoms with Crippen LogP contribution in [0.1, 0.15) is 37.5 Å². The zero-order valence-electron chi connectivity index (χ0n) is 15.0. The molecule has 28 heavy (non-hydrogen) atoms. The van der Waals surface area contributed by atoms with Crippen LogP contribution in [0, 0.1) is 6.92 Å². The Labute approximate surface area is 157 Å². The predicted octanol–water partition coefficient (Wildman–Crippen LogP) is 0.114. The summed E-state index contributed by atoms with van der Waals surface area (Å²) in [6.07, 6.45) is 0.0299. The van der Waals surface area contributed by atoms with Gasteiger partial charge in [0.1, 0.15) is 12.8 Å². The van der Waals surface area contributed by atoms with Crippen molar-refractivity contribution in [1.29, 1.82) is 0 Å². The van der Waals surface area contributed by atoms with Crippen LogP contribution < -0.4 is 16.7 Å². The number of aromatic nitrogens is 2. The minimum atomic E-state index is -0.996. The number of azide groups is 1. The lowest BCUT2D eigenvalue weighted by atomic mass is 10.1. The van der Waals surface area contributed by atoms with Crippen LogP contribution in [-0.2, 0) is 19.2 Å². The number of hydrogen-bond donors (Lipinski definition) is 3. The molecule has 1 amide bonds. The number of amides is 1. The zero-order chi connectivity index (χ0) is 20.7. The van der Waals surface area contributed by atoms with Crippen LogP contribution in [0.3, 0.4) is 0 Å². The van der Waals surface area contributed by atoms with Crippen molar-refractivity contribution in [2.75, 3.05) is 6.61 Å². The summed E-state index contributed by atoms with van der Waals surface area (Å²) in [6, 6.07) is -0.655. The van der Waals surface area contributed by atoms with Crippen molar-refractivity contribution in [2.45, 2.75) is 51.0 Å². The van der Waals surface area contributed by atoms with Crippen molar-refractivity contribution in [3.63, 3.8) is 0 Å². The molecule has 3 N–H and O–H groups in total. The molecular formula is C15H20N6O7. The van der Waals surface area contributed by atoms with Crippen LogP contribution in [0.5, 0.6) is 0 Å². The molecule has 0 radical (unpaired) electrons. The summed E-state index contributed by atoms with van der Waals surface area (Å²) in [5.41, 5.74) is 10.0. The summed E-state index contributed by atoms with van der Waals surface area (Å²) in [7, 11) is 0. The maximum absolute atomic E-state index is 12.0. The van der Waals surface area contributed by atoms with E-state index in [9.17, 15) is 19.2 Å². The molecule has 13 nitrogen and oxygen atoms in total. The van der Waals surface area contributed by atoms with E-state index < -0.39 is 41.5 Å². The molecule has 2 heterocycles. The maximum Gasteiger partial charge on any atom is 0.330 e. The Hall–Kier alpha value is -3.15. The van der Waals surface area contributed by atoms with Gasteiger partial charge >= 0.3 is 11.7 Å². The summed E-state index contributed by atoms with van der Waals surface area (Å²) in [5.74, 6) is -1.49. The van der Waals surface area contributed by atoms with Crippen LogP contribution in [0.4, 0.5) is 0 Å². The average molecular weight is 396 g/mol. The van der Waals surface area contributed by atoms with Gasteiger partial charge in [0.25, 0.3) is 5.56 Å².